The van der Waals surface area contributed by atoms with Crippen LogP contribution in [0.2, 0.25) is 0 Å². The Labute approximate surface area is 165 Å². The summed E-state index contributed by atoms with van der Waals surface area (Å²) in [5.41, 5.74) is 0. The first-order valence-corrected chi connectivity index (χ1v) is 8.43. The third-order valence-electron chi connectivity index (χ3n) is 3.28. The van der Waals surface area contributed by atoms with Gasteiger partial charge in [0.15, 0.2) is 0 Å². The van der Waals surface area contributed by atoms with Crippen molar-refractivity contribution < 1.29 is 49.5 Å². The number of guanidine groups is 1. The third kappa shape index (κ3) is 6.76. The maximum atomic E-state index is 12.4. The normalized spacial score (nSPS) is 15.9. The SMILES string of the molecule is CC(O)C(=O)N=C(N(C(=O)C(C)O)C(=O)C(C)O)N(C(=O)C(C)O)C(=O)C(C)O. The van der Waals surface area contributed by atoms with E-state index in [0.717, 1.165) is 34.6 Å². The zero-order valence-corrected chi connectivity index (χ0v) is 16.5. The molecule has 0 saturated heterocycles. The summed E-state index contributed by atoms with van der Waals surface area (Å²) in [5.74, 6) is -8.71. The van der Waals surface area contributed by atoms with Crippen LogP contribution < -0.4 is 0 Å². The van der Waals surface area contributed by atoms with E-state index in [0.29, 0.717) is 0 Å². The zero-order chi connectivity index (χ0) is 23.2. The molecule has 5 unspecified atom stereocenters. The van der Waals surface area contributed by atoms with E-state index in [9.17, 15) is 49.5 Å². The number of aliphatic hydroxyl groups excluding tert-OH is 5. The molecule has 29 heavy (non-hydrogen) atoms. The van der Waals surface area contributed by atoms with Crippen LogP contribution in [0.4, 0.5) is 0 Å². The monoisotopic (exact) mass is 419 g/mol. The number of hydrogen-bond donors (Lipinski definition) is 5. The van der Waals surface area contributed by atoms with Gasteiger partial charge in [-0.25, -0.2) is 9.80 Å². The minimum atomic E-state index is -1.92. The Bertz CT molecular complexity index is 611. The van der Waals surface area contributed by atoms with Gasteiger partial charge in [-0.3, -0.25) is 24.0 Å². The summed E-state index contributed by atoms with van der Waals surface area (Å²) >= 11 is 0. The second-order valence-electron chi connectivity index (χ2n) is 6.15. The van der Waals surface area contributed by atoms with Crippen LogP contribution in [-0.2, 0) is 24.0 Å². The summed E-state index contributed by atoms with van der Waals surface area (Å²) in [6, 6.07) is 0. The molecule has 0 aliphatic heterocycles. The van der Waals surface area contributed by atoms with Crippen LogP contribution in [0.3, 0.4) is 0 Å². The molecule has 0 fully saturated rings. The predicted octanol–water partition coefficient (Wildman–Crippen LogP) is -3.52. The smallest absolute Gasteiger partial charge is 0.277 e. The minimum Gasteiger partial charge on any atom is -0.384 e. The van der Waals surface area contributed by atoms with E-state index < -0.39 is 66.0 Å². The van der Waals surface area contributed by atoms with Gasteiger partial charge < -0.3 is 25.5 Å². The molecule has 5 atom stereocenters. The standard InChI is InChI=1S/C16H25N3O10/c1-6(20)11(25)17-16(18(12(26)7(2)21)13(27)8(3)22)19(14(28)9(4)23)15(29)10(5)24/h6-10,20-24H,1-5H3. The van der Waals surface area contributed by atoms with Crippen molar-refractivity contribution in [1.82, 2.24) is 9.80 Å². The summed E-state index contributed by atoms with van der Waals surface area (Å²) in [6.07, 6.45) is -9.49. The van der Waals surface area contributed by atoms with E-state index >= 15 is 0 Å². The second kappa shape index (κ2) is 10.8. The van der Waals surface area contributed by atoms with Gasteiger partial charge in [0.1, 0.15) is 30.5 Å². The lowest BCUT2D eigenvalue weighted by Gasteiger charge is -2.31. The van der Waals surface area contributed by atoms with Crippen molar-refractivity contribution >= 4 is 35.5 Å². The van der Waals surface area contributed by atoms with Crippen LogP contribution in [0, 0.1) is 0 Å². The van der Waals surface area contributed by atoms with E-state index in [4.69, 9.17) is 0 Å². The highest BCUT2D eigenvalue weighted by Gasteiger charge is 2.42. The van der Waals surface area contributed by atoms with Crippen LogP contribution in [0.25, 0.3) is 0 Å². The Morgan fingerprint density at radius 2 is 0.793 bits per heavy atom. The molecule has 0 radical (unpaired) electrons. The molecule has 0 aromatic rings. The molecule has 0 saturated carbocycles. The molecule has 0 bridgehead atoms. The van der Waals surface area contributed by atoms with Crippen molar-refractivity contribution in [1.29, 1.82) is 0 Å². The number of aliphatic hydroxyl groups is 5. The van der Waals surface area contributed by atoms with Crippen molar-refractivity contribution in [2.24, 2.45) is 4.99 Å². The van der Waals surface area contributed by atoms with E-state index in [1.165, 1.54) is 0 Å². The molecule has 0 spiro atoms. The molecule has 0 aliphatic carbocycles. The van der Waals surface area contributed by atoms with Gasteiger partial charge in [-0.15, -0.1) is 0 Å². The molecule has 5 amide bonds. The van der Waals surface area contributed by atoms with Gasteiger partial charge in [-0.2, -0.15) is 4.99 Å². The fourth-order valence-electron chi connectivity index (χ4n) is 1.75. The summed E-state index contributed by atoms with van der Waals surface area (Å²) in [4.78, 5) is 64.5. The molecule has 13 heteroatoms. The minimum absolute atomic E-state index is 0.115. The molecular formula is C16H25N3O10. The highest BCUT2D eigenvalue weighted by atomic mass is 16.3. The first kappa shape index (κ1) is 26.4. The van der Waals surface area contributed by atoms with E-state index in [2.05, 4.69) is 4.99 Å². The van der Waals surface area contributed by atoms with Gasteiger partial charge >= 0.3 is 0 Å². The number of hydrogen-bond acceptors (Lipinski definition) is 10. The Morgan fingerprint density at radius 3 is 0.966 bits per heavy atom. The molecule has 0 rings (SSSR count). The fourth-order valence-corrected chi connectivity index (χ4v) is 1.75. The topological polar surface area (TPSA) is 205 Å². The largest absolute Gasteiger partial charge is 0.384 e. The van der Waals surface area contributed by atoms with Crippen LogP contribution >= 0.6 is 0 Å². The maximum Gasteiger partial charge on any atom is 0.277 e. The van der Waals surface area contributed by atoms with Gasteiger partial charge in [-0.05, 0) is 34.6 Å². The van der Waals surface area contributed by atoms with Crippen molar-refractivity contribution in [3.63, 3.8) is 0 Å². The molecule has 0 heterocycles. The molecule has 13 nitrogen and oxygen atoms in total. The van der Waals surface area contributed by atoms with Gasteiger partial charge in [0.05, 0.1) is 0 Å². The Balaban J connectivity index is 7.02. The number of aliphatic imine (C=N–C) groups is 1. The molecule has 164 valence electrons. The number of imide groups is 2. The fraction of sp³-hybridized carbons (Fsp3) is 0.625. The number of nitrogens with zero attached hydrogens (tertiary/aromatic N) is 3. The second-order valence-corrected chi connectivity index (χ2v) is 6.15. The summed E-state index contributed by atoms with van der Waals surface area (Å²) in [7, 11) is 0. The highest BCUT2D eigenvalue weighted by Crippen LogP contribution is 2.12. The highest BCUT2D eigenvalue weighted by molar-refractivity contribution is 6.24. The lowest BCUT2D eigenvalue weighted by molar-refractivity contribution is -0.153. The Morgan fingerprint density at radius 1 is 0.552 bits per heavy atom. The number of carbonyl (C=O) groups is 5. The summed E-state index contributed by atoms with van der Waals surface area (Å²) in [5, 5.41) is 47.8. The molecule has 0 aliphatic rings. The molecular weight excluding hydrogens is 394 g/mol. The first-order valence-electron chi connectivity index (χ1n) is 8.43. The van der Waals surface area contributed by atoms with Gasteiger partial charge in [0.2, 0.25) is 5.96 Å². The van der Waals surface area contributed by atoms with Crippen molar-refractivity contribution in [3.8, 4) is 0 Å². The van der Waals surface area contributed by atoms with Crippen LogP contribution in [0.5, 0.6) is 0 Å². The van der Waals surface area contributed by atoms with Crippen molar-refractivity contribution in [2.45, 2.75) is 65.1 Å². The lowest BCUT2D eigenvalue weighted by atomic mass is 10.2. The van der Waals surface area contributed by atoms with Crippen LogP contribution in [0.1, 0.15) is 34.6 Å². The van der Waals surface area contributed by atoms with E-state index in [-0.39, 0.29) is 9.80 Å². The van der Waals surface area contributed by atoms with Crippen LogP contribution in [-0.4, -0.2) is 101 Å². The maximum absolute atomic E-state index is 12.4. The molecule has 5 N–H and O–H groups in total. The average Bonchev–Trinajstić information content (AvgIpc) is 2.60. The lowest BCUT2D eigenvalue weighted by Crippen LogP contribution is -2.60. The van der Waals surface area contributed by atoms with Crippen molar-refractivity contribution in [2.75, 3.05) is 0 Å². The average molecular weight is 419 g/mol. The number of amides is 5. The first-order chi connectivity index (χ1) is 13.1. The Hall–Kier alpha value is -2.58. The van der Waals surface area contributed by atoms with Gasteiger partial charge in [0.25, 0.3) is 29.5 Å². The van der Waals surface area contributed by atoms with E-state index in [1.807, 2.05) is 0 Å². The summed E-state index contributed by atoms with van der Waals surface area (Å²) in [6.45, 7) is 4.61. The quantitative estimate of drug-likeness (QED) is 0.219. The van der Waals surface area contributed by atoms with Crippen molar-refractivity contribution in [3.05, 3.63) is 0 Å². The Kier molecular flexibility index (Phi) is 9.86. The van der Waals surface area contributed by atoms with E-state index in [1.54, 1.807) is 0 Å². The zero-order valence-electron chi connectivity index (χ0n) is 16.5. The summed E-state index contributed by atoms with van der Waals surface area (Å²) < 4.78 is 0. The van der Waals surface area contributed by atoms with Gasteiger partial charge in [-0.1, -0.05) is 0 Å². The predicted molar refractivity (Wildman–Crippen MR) is 94.6 cm³/mol. The van der Waals surface area contributed by atoms with Gasteiger partial charge in [0, 0.05) is 0 Å². The number of rotatable bonds is 5. The third-order valence-corrected chi connectivity index (χ3v) is 3.28. The molecule has 0 aromatic heterocycles. The molecule has 0 aromatic carbocycles. The number of carbonyl (C=O) groups excluding carboxylic acids is 5. The van der Waals surface area contributed by atoms with Crippen LogP contribution in [0.15, 0.2) is 4.99 Å².